The summed E-state index contributed by atoms with van der Waals surface area (Å²) in [5.41, 5.74) is 4.37. The van der Waals surface area contributed by atoms with E-state index in [4.69, 9.17) is 0 Å². The van der Waals surface area contributed by atoms with E-state index in [1.807, 2.05) is 0 Å². The van der Waals surface area contributed by atoms with Crippen LogP contribution < -0.4 is 10.4 Å². The topological polar surface area (TPSA) is 34.1 Å². The molecule has 2 nitrogen and oxygen atoms in total. The van der Waals surface area contributed by atoms with E-state index in [1.54, 1.807) is 0 Å². The zero-order valence-electron chi connectivity index (χ0n) is 13.6. The van der Waals surface area contributed by atoms with Crippen molar-refractivity contribution >= 4 is 37.8 Å². The summed E-state index contributed by atoms with van der Waals surface area (Å²) < 4.78 is 24.2. The summed E-state index contributed by atoms with van der Waals surface area (Å²) in [5.74, 6) is 0.792. The lowest BCUT2D eigenvalue weighted by molar-refractivity contribution is 0.593. The van der Waals surface area contributed by atoms with Crippen molar-refractivity contribution < 1.29 is 8.42 Å². The zero-order chi connectivity index (χ0) is 16.2. The molecule has 2 heterocycles. The summed E-state index contributed by atoms with van der Waals surface area (Å²) in [6.07, 6.45) is 0. The maximum atomic E-state index is 12.1. The van der Waals surface area contributed by atoms with Gasteiger partial charge in [0, 0.05) is 14.5 Å². The van der Waals surface area contributed by atoms with Crippen LogP contribution in [0, 0.1) is 0 Å². The van der Waals surface area contributed by atoms with Gasteiger partial charge in [-0.1, -0.05) is 65.9 Å². The van der Waals surface area contributed by atoms with Crippen LogP contribution in [0.1, 0.15) is 11.1 Å². The second-order valence-electron chi connectivity index (χ2n) is 7.14. The second-order valence-corrected chi connectivity index (χ2v) is 15.4. The lowest BCUT2D eigenvalue weighted by atomic mass is 10.0. The molecule has 1 unspecified atom stereocenters. The van der Waals surface area contributed by atoms with Gasteiger partial charge >= 0.3 is 0 Å². The molecule has 0 aliphatic carbocycles. The first-order valence-electron chi connectivity index (χ1n) is 8.40. The number of fused-ring (bicyclic) bond motifs is 3. The van der Waals surface area contributed by atoms with E-state index in [9.17, 15) is 8.42 Å². The smallest absolute Gasteiger partial charge is 0.150 e. The molecule has 0 N–H and O–H groups in total. The van der Waals surface area contributed by atoms with Gasteiger partial charge in [0.1, 0.15) is 18.6 Å². The molecule has 0 radical (unpaired) electrons. The SMILES string of the molecule is C[Si@@H]1c2ccccc2-c2ccc(C3CS(=O)(=O)CC[Si@@H]3C)cc21. The van der Waals surface area contributed by atoms with E-state index >= 15 is 0 Å². The zero-order valence-corrected chi connectivity index (χ0v) is 16.7. The summed E-state index contributed by atoms with van der Waals surface area (Å²) in [5, 5.41) is 3.04. The van der Waals surface area contributed by atoms with Crippen LogP contribution in [0.25, 0.3) is 11.1 Å². The second kappa shape index (κ2) is 5.43. The third-order valence-electron chi connectivity index (χ3n) is 5.69. The van der Waals surface area contributed by atoms with Crippen LogP contribution >= 0.6 is 0 Å². The molecule has 4 rings (SSSR count). The van der Waals surface area contributed by atoms with Crippen LogP contribution in [0.15, 0.2) is 42.5 Å². The lowest BCUT2D eigenvalue weighted by Gasteiger charge is -2.28. The normalized spacial score (nSPS) is 28.2. The van der Waals surface area contributed by atoms with Crippen molar-refractivity contribution in [2.75, 3.05) is 11.5 Å². The quantitative estimate of drug-likeness (QED) is 0.725. The average Bonchev–Trinajstić information content (AvgIpc) is 2.83. The Morgan fingerprint density at radius 2 is 1.74 bits per heavy atom. The maximum Gasteiger partial charge on any atom is 0.150 e. The standard InChI is InChI=1S/C18H22O2SSi2/c1-22-10-9-21(19,20)12-18(22)13-7-8-15-14-5-3-4-6-16(14)23(2)17(15)11-13/h3-8,11,18,22-23H,9-10,12H2,1-2H3/t18?,22-,23+/m0/s1. The molecule has 2 aromatic rings. The summed E-state index contributed by atoms with van der Waals surface area (Å²) in [6, 6.07) is 16.5. The van der Waals surface area contributed by atoms with E-state index < -0.39 is 27.4 Å². The summed E-state index contributed by atoms with van der Waals surface area (Å²) in [4.78, 5) is 0. The van der Waals surface area contributed by atoms with Gasteiger partial charge in [0.15, 0.2) is 0 Å². The molecule has 1 saturated heterocycles. The van der Waals surface area contributed by atoms with Crippen molar-refractivity contribution in [3.8, 4) is 11.1 Å². The van der Waals surface area contributed by atoms with Crippen molar-refractivity contribution in [3.63, 3.8) is 0 Å². The van der Waals surface area contributed by atoms with Crippen molar-refractivity contribution in [3.05, 3.63) is 48.0 Å². The Balaban J connectivity index is 1.77. The third kappa shape index (κ3) is 2.55. The number of benzene rings is 2. The molecule has 120 valence electrons. The molecule has 0 aromatic heterocycles. The molecule has 23 heavy (non-hydrogen) atoms. The van der Waals surface area contributed by atoms with Crippen LogP contribution in [0.3, 0.4) is 0 Å². The average molecular weight is 359 g/mol. The minimum Gasteiger partial charge on any atom is -0.229 e. The highest BCUT2D eigenvalue weighted by molar-refractivity contribution is 7.91. The molecule has 0 amide bonds. The van der Waals surface area contributed by atoms with Gasteiger partial charge in [-0.3, -0.25) is 0 Å². The van der Waals surface area contributed by atoms with Crippen molar-refractivity contribution in [1.29, 1.82) is 0 Å². The highest BCUT2D eigenvalue weighted by atomic mass is 32.2. The van der Waals surface area contributed by atoms with E-state index in [0.29, 0.717) is 17.0 Å². The fourth-order valence-corrected chi connectivity index (χ4v) is 14.1. The first-order valence-corrected chi connectivity index (χ1v) is 15.2. The summed E-state index contributed by atoms with van der Waals surface area (Å²) in [7, 11) is -4.97. The predicted octanol–water partition coefficient (Wildman–Crippen LogP) is 1.55. The minimum absolute atomic E-state index is 0.295. The third-order valence-corrected chi connectivity index (χ3v) is 14.2. The van der Waals surface area contributed by atoms with Crippen LogP contribution in [0.5, 0.6) is 0 Å². The van der Waals surface area contributed by atoms with E-state index in [0.717, 1.165) is 6.04 Å². The molecule has 0 bridgehead atoms. The Labute approximate surface area is 141 Å². The van der Waals surface area contributed by atoms with Crippen molar-refractivity contribution in [1.82, 2.24) is 0 Å². The van der Waals surface area contributed by atoms with Gasteiger partial charge in [0.2, 0.25) is 0 Å². The van der Waals surface area contributed by atoms with E-state index in [2.05, 4.69) is 55.6 Å². The molecule has 0 spiro atoms. The highest BCUT2D eigenvalue weighted by Gasteiger charge is 2.34. The Kier molecular flexibility index (Phi) is 3.63. The monoisotopic (exact) mass is 358 g/mol. The van der Waals surface area contributed by atoms with Crippen molar-refractivity contribution in [2.45, 2.75) is 24.7 Å². The molecule has 1 fully saturated rings. The Hall–Kier alpha value is -1.18. The number of hydrogen-bond donors (Lipinski definition) is 0. The van der Waals surface area contributed by atoms with Gasteiger partial charge in [-0.05, 0) is 28.3 Å². The Bertz CT molecular complexity index is 876. The Morgan fingerprint density at radius 3 is 2.57 bits per heavy atom. The maximum absolute atomic E-state index is 12.1. The number of rotatable bonds is 1. The van der Waals surface area contributed by atoms with E-state index in [-0.39, 0.29) is 0 Å². The van der Waals surface area contributed by atoms with Gasteiger partial charge in [0.05, 0.1) is 5.75 Å². The lowest BCUT2D eigenvalue weighted by Crippen LogP contribution is -2.38. The van der Waals surface area contributed by atoms with Gasteiger partial charge in [0.25, 0.3) is 0 Å². The van der Waals surface area contributed by atoms with Gasteiger partial charge in [-0.15, -0.1) is 0 Å². The first kappa shape index (κ1) is 15.4. The minimum atomic E-state index is -2.85. The molecule has 2 aromatic carbocycles. The molecule has 2 aliphatic rings. The molecular formula is C18H22O2SSi2. The molecule has 5 heteroatoms. The largest absolute Gasteiger partial charge is 0.229 e. The van der Waals surface area contributed by atoms with Gasteiger partial charge < -0.3 is 0 Å². The first-order chi connectivity index (χ1) is 11.0. The highest BCUT2D eigenvalue weighted by Crippen LogP contribution is 2.31. The Morgan fingerprint density at radius 1 is 1.00 bits per heavy atom. The van der Waals surface area contributed by atoms with E-state index in [1.165, 1.54) is 27.1 Å². The van der Waals surface area contributed by atoms with Crippen LogP contribution in [0.4, 0.5) is 0 Å². The van der Waals surface area contributed by atoms with Crippen molar-refractivity contribution in [2.24, 2.45) is 0 Å². The van der Waals surface area contributed by atoms with Crippen LogP contribution in [-0.4, -0.2) is 37.5 Å². The van der Waals surface area contributed by atoms with Crippen LogP contribution in [-0.2, 0) is 9.84 Å². The van der Waals surface area contributed by atoms with Gasteiger partial charge in [-0.2, -0.15) is 0 Å². The fraction of sp³-hybridized carbons (Fsp3) is 0.333. The fourth-order valence-electron chi connectivity index (χ4n) is 4.22. The predicted molar refractivity (Wildman–Crippen MR) is 103 cm³/mol. The molecule has 2 aliphatic heterocycles. The van der Waals surface area contributed by atoms with Crippen LogP contribution in [0.2, 0.25) is 19.1 Å². The molecular weight excluding hydrogens is 336 g/mol. The van der Waals surface area contributed by atoms with Gasteiger partial charge in [-0.25, -0.2) is 8.42 Å². The number of hydrogen-bond acceptors (Lipinski definition) is 2. The summed E-state index contributed by atoms with van der Waals surface area (Å²) >= 11 is 0. The number of sulfone groups is 1. The molecule has 3 atom stereocenters. The summed E-state index contributed by atoms with van der Waals surface area (Å²) in [6.45, 7) is 4.73. The molecule has 0 saturated carbocycles.